The average molecular weight is 498 g/mol. The predicted octanol–water partition coefficient (Wildman–Crippen LogP) is 4.45. The van der Waals surface area contributed by atoms with E-state index < -0.39 is 9.92 Å². The summed E-state index contributed by atoms with van der Waals surface area (Å²) in [6, 6.07) is 13.4. The van der Waals surface area contributed by atoms with Crippen LogP contribution in [0.2, 0.25) is 0 Å². The van der Waals surface area contributed by atoms with E-state index in [1.807, 2.05) is 38.1 Å². The highest BCUT2D eigenvalue weighted by Crippen LogP contribution is 2.39. The Bertz CT molecular complexity index is 1330. The molecular weight excluding hydrogens is 470 g/mol. The lowest BCUT2D eigenvalue weighted by Crippen LogP contribution is -2.32. The Hall–Kier alpha value is -2.84. The zero-order chi connectivity index (χ0) is 24.3. The number of aliphatic hydroxyl groups is 1. The van der Waals surface area contributed by atoms with Gasteiger partial charge in [-0.25, -0.2) is 13.7 Å². The number of nitrogens with one attached hydrogen (secondary N) is 2. The number of ether oxygens (including phenoxy) is 1. The fraction of sp³-hybridized carbons (Fsp3) is 0.375. The highest BCUT2D eigenvalue weighted by molar-refractivity contribution is 7.90. The summed E-state index contributed by atoms with van der Waals surface area (Å²) in [7, 11) is -3.06. The van der Waals surface area contributed by atoms with E-state index in [2.05, 4.69) is 21.0 Å². The van der Waals surface area contributed by atoms with Gasteiger partial charge in [-0.3, -0.25) is 0 Å². The van der Waals surface area contributed by atoms with Gasteiger partial charge in [0.05, 0.1) is 24.0 Å². The van der Waals surface area contributed by atoms with Crippen LogP contribution in [-0.2, 0) is 16.3 Å². The fourth-order valence-corrected chi connectivity index (χ4v) is 6.12. The summed E-state index contributed by atoms with van der Waals surface area (Å²) in [5.41, 5.74) is 4.37. The highest BCUT2D eigenvalue weighted by atomic mass is 32.2. The smallest absolute Gasteiger partial charge is 0.148 e. The number of hydrogen-bond donors (Lipinski definition) is 3. The van der Waals surface area contributed by atoms with Crippen LogP contribution in [0.4, 0.5) is 0 Å². The molecule has 1 aliphatic carbocycles. The molecule has 1 unspecified atom stereocenters. The van der Waals surface area contributed by atoms with Crippen molar-refractivity contribution in [3.63, 3.8) is 0 Å². The average Bonchev–Trinajstić information content (AvgIpc) is 3.28. The zero-order valence-corrected chi connectivity index (χ0v) is 20.7. The topological polar surface area (TPSA) is 132 Å². The minimum atomic E-state index is -3.06. The maximum Gasteiger partial charge on any atom is 0.148 e. The van der Waals surface area contributed by atoms with E-state index in [1.54, 1.807) is 12.1 Å². The standard InChI is InChI=1S/C24H27N5O3S2/c1-15(2)32-22-10-9-16(13-17(22)14-25)23-27-28-24(33-23)20-7-3-6-19-18(20)5-4-8-21(19)29-34(26,31)12-11-30/h3,6-7,9-10,13,15,21,30H,4-5,8,11-12H2,1-2H3,(H2,26,29,31)/t21-,34?/m1/s1. The number of aliphatic hydroxyl groups excluding tert-OH is 1. The van der Waals surface area contributed by atoms with Gasteiger partial charge in [0, 0.05) is 17.2 Å². The Kier molecular flexibility index (Phi) is 7.28. The number of nitriles is 1. The van der Waals surface area contributed by atoms with Gasteiger partial charge in [0.2, 0.25) is 0 Å². The number of hydrogen-bond acceptors (Lipinski definition) is 8. The van der Waals surface area contributed by atoms with E-state index in [-0.39, 0.29) is 24.5 Å². The molecule has 178 valence electrons. The molecule has 0 aliphatic heterocycles. The summed E-state index contributed by atoms with van der Waals surface area (Å²) >= 11 is 1.45. The number of benzene rings is 2. The molecule has 34 heavy (non-hydrogen) atoms. The van der Waals surface area contributed by atoms with Crippen molar-refractivity contribution in [3.05, 3.63) is 53.1 Å². The monoisotopic (exact) mass is 497 g/mol. The molecule has 0 bridgehead atoms. The van der Waals surface area contributed by atoms with Crippen LogP contribution in [0.15, 0.2) is 36.4 Å². The van der Waals surface area contributed by atoms with Gasteiger partial charge in [-0.15, -0.1) is 10.2 Å². The Labute approximate surface area is 203 Å². The van der Waals surface area contributed by atoms with Gasteiger partial charge in [-0.05, 0) is 62.4 Å². The Morgan fingerprint density at radius 1 is 1.32 bits per heavy atom. The first kappa shape index (κ1) is 24.3. The summed E-state index contributed by atoms with van der Waals surface area (Å²) in [4.78, 5) is 0. The molecule has 10 heteroatoms. The van der Waals surface area contributed by atoms with Crippen molar-refractivity contribution in [2.75, 3.05) is 12.4 Å². The van der Waals surface area contributed by atoms with Gasteiger partial charge >= 0.3 is 0 Å². The van der Waals surface area contributed by atoms with Gasteiger partial charge in [-0.1, -0.05) is 29.5 Å². The van der Waals surface area contributed by atoms with Crippen molar-refractivity contribution in [2.45, 2.75) is 45.3 Å². The van der Waals surface area contributed by atoms with Crippen molar-refractivity contribution < 1.29 is 14.1 Å². The molecule has 8 nitrogen and oxygen atoms in total. The van der Waals surface area contributed by atoms with Gasteiger partial charge in [-0.2, -0.15) is 5.26 Å². The lowest BCUT2D eigenvalue weighted by atomic mass is 9.85. The fourth-order valence-electron chi connectivity index (χ4n) is 4.14. The summed E-state index contributed by atoms with van der Waals surface area (Å²) in [6.45, 7) is 3.55. The van der Waals surface area contributed by atoms with E-state index in [0.29, 0.717) is 16.3 Å². The predicted molar refractivity (Wildman–Crippen MR) is 133 cm³/mol. The molecule has 0 amide bonds. The SMILES string of the molecule is CC(C)Oc1ccc(-c2nnc(-c3cccc4c3CCC[C@H]4NS(=N)(=O)CCO)s2)cc1C#N. The Balaban J connectivity index is 1.65. The third kappa shape index (κ3) is 5.28. The van der Waals surface area contributed by atoms with Gasteiger partial charge in [0.25, 0.3) is 0 Å². The molecule has 3 aromatic rings. The van der Waals surface area contributed by atoms with Crippen molar-refractivity contribution in [1.29, 1.82) is 10.0 Å². The van der Waals surface area contributed by atoms with E-state index in [4.69, 9.17) is 14.6 Å². The van der Waals surface area contributed by atoms with Crippen molar-refractivity contribution in [1.82, 2.24) is 14.9 Å². The van der Waals surface area contributed by atoms with Crippen molar-refractivity contribution in [2.24, 2.45) is 0 Å². The number of aromatic nitrogens is 2. The van der Waals surface area contributed by atoms with Crippen LogP contribution in [0.3, 0.4) is 0 Å². The van der Waals surface area contributed by atoms with Gasteiger partial charge in [0.1, 0.15) is 31.7 Å². The first-order valence-corrected chi connectivity index (χ1v) is 13.7. The van der Waals surface area contributed by atoms with Crippen LogP contribution in [0.5, 0.6) is 5.75 Å². The molecule has 1 aliphatic rings. The quantitative estimate of drug-likeness (QED) is 0.421. The third-order valence-corrected chi connectivity index (χ3v) is 8.01. The molecular formula is C24H27N5O3S2. The lowest BCUT2D eigenvalue weighted by Gasteiger charge is -2.28. The Morgan fingerprint density at radius 2 is 2.12 bits per heavy atom. The summed E-state index contributed by atoms with van der Waals surface area (Å²) in [5.74, 6) is 0.457. The molecule has 2 atom stereocenters. The third-order valence-electron chi connectivity index (χ3n) is 5.58. The first-order chi connectivity index (χ1) is 16.3. The summed E-state index contributed by atoms with van der Waals surface area (Å²) in [6.07, 6.45) is 2.50. The molecule has 0 spiro atoms. The maximum absolute atomic E-state index is 12.5. The second-order valence-electron chi connectivity index (χ2n) is 8.44. The van der Waals surface area contributed by atoms with Crippen LogP contribution >= 0.6 is 11.3 Å². The van der Waals surface area contributed by atoms with Gasteiger partial charge in [0.15, 0.2) is 0 Å². The van der Waals surface area contributed by atoms with Crippen LogP contribution in [0.1, 0.15) is 49.4 Å². The molecule has 1 aromatic heterocycles. The van der Waals surface area contributed by atoms with E-state index in [9.17, 15) is 9.47 Å². The molecule has 4 rings (SSSR count). The second-order valence-corrected chi connectivity index (χ2v) is 11.4. The van der Waals surface area contributed by atoms with E-state index >= 15 is 0 Å². The minimum Gasteiger partial charge on any atom is -0.490 e. The van der Waals surface area contributed by atoms with Crippen molar-refractivity contribution >= 4 is 21.3 Å². The zero-order valence-electron chi connectivity index (χ0n) is 19.1. The van der Waals surface area contributed by atoms with Crippen LogP contribution in [0, 0.1) is 16.1 Å². The lowest BCUT2D eigenvalue weighted by molar-refractivity contribution is 0.242. The molecule has 1 heterocycles. The summed E-state index contributed by atoms with van der Waals surface area (Å²) in [5, 5.41) is 29.0. The summed E-state index contributed by atoms with van der Waals surface area (Å²) < 4.78 is 29.1. The largest absolute Gasteiger partial charge is 0.490 e. The van der Waals surface area contributed by atoms with E-state index in [0.717, 1.165) is 46.5 Å². The first-order valence-electron chi connectivity index (χ1n) is 11.1. The number of nitrogens with zero attached hydrogens (tertiary/aromatic N) is 3. The van der Waals surface area contributed by atoms with Crippen LogP contribution < -0.4 is 9.46 Å². The van der Waals surface area contributed by atoms with Crippen LogP contribution in [-0.4, -0.2) is 38.0 Å². The molecule has 0 fully saturated rings. The number of rotatable bonds is 8. The Morgan fingerprint density at radius 3 is 2.85 bits per heavy atom. The normalized spacial score (nSPS) is 17.1. The van der Waals surface area contributed by atoms with Crippen LogP contribution in [0.25, 0.3) is 21.1 Å². The maximum atomic E-state index is 12.5. The molecule has 2 aromatic carbocycles. The molecule has 0 radical (unpaired) electrons. The van der Waals surface area contributed by atoms with E-state index in [1.165, 1.54) is 11.3 Å². The van der Waals surface area contributed by atoms with Gasteiger partial charge < -0.3 is 9.84 Å². The minimum absolute atomic E-state index is 0.0271. The number of fused-ring (bicyclic) bond motifs is 1. The molecule has 0 saturated heterocycles. The second kappa shape index (κ2) is 10.2. The molecule has 0 saturated carbocycles. The van der Waals surface area contributed by atoms with Crippen molar-refractivity contribution in [3.8, 4) is 33.0 Å². The molecule has 3 N–H and O–H groups in total. The highest BCUT2D eigenvalue weighted by Gasteiger charge is 2.26.